The van der Waals surface area contributed by atoms with E-state index in [2.05, 4.69) is 10.3 Å². The highest BCUT2D eigenvalue weighted by Crippen LogP contribution is 2.28. The number of amides is 1. The number of aromatic hydroxyl groups is 1. The highest BCUT2D eigenvalue weighted by Gasteiger charge is 2.42. The van der Waals surface area contributed by atoms with Gasteiger partial charge in [-0.2, -0.15) is 0 Å². The Balaban J connectivity index is 1.89. The van der Waals surface area contributed by atoms with E-state index >= 15 is 0 Å². The molecule has 14 nitrogen and oxygen atoms in total. The number of hydrogen-bond acceptors (Lipinski definition) is 12. The number of pyridine rings is 1. The van der Waals surface area contributed by atoms with Crippen LogP contribution >= 0.6 is 0 Å². The van der Waals surface area contributed by atoms with Crippen LogP contribution in [0.2, 0.25) is 0 Å². The third-order valence-electron chi connectivity index (χ3n) is 6.09. The molecule has 1 aliphatic rings. The molecule has 1 amide bonds. The van der Waals surface area contributed by atoms with Gasteiger partial charge in [-0.3, -0.25) is 24.5 Å². The van der Waals surface area contributed by atoms with Gasteiger partial charge in [0.25, 0.3) is 11.6 Å². The first-order valence-electron chi connectivity index (χ1n) is 12.3. The van der Waals surface area contributed by atoms with Crippen molar-refractivity contribution in [1.82, 2.24) is 10.3 Å². The molecule has 0 saturated carbocycles. The number of nitro groups is 1. The van der Waals surface area contributed by atoms with Crippen molar-refractivity contribution in [2.45, 2.75) is 45.4 Å². The summed E-state index contributed by atoms with van der Waals surface area (Å²) in [4.78, 5) is 65.8. The van der Waals surface area contributed by atoms with E-state index in [-0.39, 0.29) is 17.9 Å². The minimum atomic E-state index is -1.49. The third-order valence-corrected chi connectivity index (χ3v) is 6.09. The zero-order valence-corrected chi connectivity index (χ0v) is 22.2. The first-order chi connectivity index (χ1) is 18.9. The van der Waals surface area contributed by atoms with Crippen LogP contribution in [0.1, 0.15) is 36.8 Å². The van der Waals surface area contributed by atoms with Gasteiger partial charge >= 0.3 is 17.9 Å². The van der Waals surface area contributed by atoms with Crippen LogP contribution in [-0.2, 0) is 35.0 Å². The second kappa shape index (κ2) is 12.9. The van der Waals surface area contributed by atoms with Gasteiger partial charge in [-0.15, -0.1) is 0 Å². The van der Waals surface area contributed by atoms with Gasteiger partial charge < -0.3 is 29.4 Å². The minimum Gasteiger partial charge on any atom is -0.503 e. The molecule has 2 N–H and O–H groups in total. The lowest BCUT2D eigenvalue weighted by Crippen LogP contribution is -2.47. The van der Waals surface area contributed by atoms with Crippen LogP contribution in [0.3, 0.4) is 0 Å². The Kier molecular flexibility index (Phi) is 9.59. The number of non-ortho nitro benzene ring substituents is 1. The Morgan fingerprint density at radius 2 is 1.88 bits per heavy atom. The third kappa shape index (κ3) is 7.01. The highest BCUT2D eigenvalue weighted by atomic mass is 16.6. The molecule has 1 aromatic carbocycles. The summed E-state index contributed by atoms with van der Waals surface area (Å²) in [5.41, 5.74) is -0.0902. The largest absolute Gasteiger partial charge is 0.503 e. The van der Waals surface area contributed by atoms with E-state index in [1.165, 1.54) is 50.6 Å². The molecule has 2 heterocycles. The molecule has 1 fully saturated rings. The smallest absolute Gasteiger partial charge is 0.332 e. The molecule has 1 aliphatic heterocycles. The molecule has 1 saturated heterocycles. The number of hydrogen-bond donors (Lipinski definition) is 2. The average molecular weight is 560 g/mol. The lowest BCUT2D eigenvalue weighted by atomic mass is 9.91. The number of benzene rings is 1. The molecule has 214 valence electrons. The fourth-order valence-electron chi connectivity index (χ4n) is 3.88. The van der Waals surface area contributed by atoms with Crippen LogP contribution in [0.5, 0.6) is 11.5 Å². The van der Waals surface area contributed by atoms with Crippen molar-refractivity contribution in [3.8, 4) is 11.5 Å². The quantitative estimate of drug-likeness (QED) is 0.206. The summed E-state index contributed by atoms with van der Waals surface area (Å²) in [5.74, 6) is -5.78. The van der Waals surface area contributed by atoms with Gasteiger partial charge in [0.05, 0.1) is 18.0 Å². The molecule has 3 rings (SSSR count). The molecular weight excluding hydrogens is 530 g/mol. The molecule has 40 heavy (non-hydrogen) atoms. The van der Waals surface area contributed by atoms with E-state index in [9.17, 15) is 34.4 Å². The van der Waals surface area contributed by atoms with Crippen molar-refractivity contribution in [3.05, 3.63) is 57.9 Å². The van der Waals surface area contributed by atoms with Crippen molar-refractivity contribution in [1.29, 1.82) is 0 Å². The number of nitrogens with zero attached hydrogens (tertiary/aromatic N) is 2. The lowest BCUT2D eigenvalue weighted by molar-refractivity contribution is -0.384. The second-order valence-electron chi connectivity index (χ2n) is 9.30. The van der Waals surface area contributed by atoms with Crippen molar-refractivity contribution >= 4 is 29.5 Å². The van der Waals surface area contributed by atoms with E-state index in [4.69, 9.17) is 18.9 Å². The summed E-state index contributed by atoms with van der Waals surface area (Å²) >= 11 is 0. The predicted octanol–water partition coefficient (Wildman–Crippen LogP) is 1.72. The number of methoxy groups -OCH3 is 1. The van der Waals surface area contributed by atoms with Gasteiger partial charge in [0, 0.05) is 24.4 Å². The van der Waals surface area contributed by atoms with E-state index < -0.39 is 76.9 Å². The molecule has 14 heteroatoms. The van der Waals surface area contributed by atoms with Crippen LogP contribution < -0.4 is 10.1 Å². The molecule has 0 unspecified atom stereocenters. The zero-order valence-electron chi connectivity index (χ0n) is 22.2. The van der Waals surface area contributed by atoms with Crippen LogP contribution in [0.25, 0.3) is 0 Å². The predicted molar refractivity (Wildman–Crippen MR) is 135 cm³/mol. The van der Waals surface area contributed by atoms with Gasteiger partial charge in [0.15, 0.2) is 29.3 Å². The molecule has 0 radical (unpaired) electrons. The highest BCUT2D eigenvalue weighted by molar-refractivity contribution is 5.98. The summed E-state index contributed by atoms with van der Waals surface area (Å²) < 4.78 is 21.4. The molecule has 0 aliphatic carbocycles. The first kappa shape index (κ1) is 29.8. The fraction of sp³-hybridized carbons (Fsp3) is 0.423. The van der Waals surface area contributed by atoms with Crippen LogP contribution in [0.15, 0.2) is 36.5 Å². The summed E-state index contributed by atoms with van der Waals surface area (Å²) in [7, 11) is 1.28. The number of cyclic esters (lactones) is 2. The van der Waals surface area contributed by atoms with E-state index in [1.54, 1.807) is 13.8 Å². The standard InChI is InChI=1S/C26H29N3O11/c1-13(2)24(32)40-22-14(3)39-26(34)18(28-23(31)20-21(30)19(37-4)9-10-27-20)12-38-25(33)17(22)11-15-5-7-16(8-6-15)29(35)36/h5-10,13-14,17-18,22,30H,11-12H2,1-4H3,(H,28,31)/t14-,17+,18-,22-/m0/s1. The Hall–Kier alpha value is -4.75. The number of rotatable bonds is 8. The molecule has 1 aromatic heterocycles. The maximum absolute atomic E-state index is 13.3. The normalized spacial score (nSPS) is 21.2. The molecular formula is C26H29N3O11. The maximum Gasteiger partial charge on any atom is 0.332 e. The van der Waals surface area contributed by atoms with Crippen LogP contribution in [-0.4, -0.2) is 70.8 Å². The van der Waals surface area contributed by atoms with Gasteiger partial charge in [-0.25, -0.2) is 9.78 Å². The Bertz CT molecular complexity index is 1280. The summed E-state index contributed by atoms with van der Waals surface area (Å²) in [6.45, 7) is 3.96. The number of carbonyl (C=O) groups is 4. The second-order valence-corrected chi connectivity index (χ2v) is 9.30. The Labute approximate surface area is 228 Å². The van der Waals surface area contributed by atoms with Crippen molar-refractivity contribution in [3.63, 3.8) is 0 Å². The zero-order chi connectivity index (χ0) is 29.6. The summed E-state index contributed by atoms with van der Waals surface area (Å²) in [5, 5.41) is 23.6. The number of nitro benzene ring substituents is 1. The van der Waals surface area contributed by atoms with E-state index in [1.807, 2.05) is 0 Å². The monoisotopic (exact) mass is 559 g/mol. The van der Waals surface area contributed by atoms with Crippen molar-refractivity contribution in [2.75, 3.05) is 13.7 Å². The molecule has 0 bridgehead atoms. The van der Waals surface area contributed by atoms with E-state index in [0.29, 0.717) is 5.56 Å². The van der Waals surface area contributed by atoms with Crippen LogP contribution in [0, 0.1) is 22.0 Å². The molecule has 2 aromatic rings. The average Bonchev–Trinajstić information content (AvgIpc) is 2.95. The minimum absolute atomic E-state index is 0.0267. The number of nitrogens with one attached hydrogen (secondary N) is 1. The van der Waals surface area contributed by atoms with Gasteiger partial charge in [-0.1, -0.05) is 26.0 Å². The topological polar surface area (TPSA) is 193 Å². The SMILES string of the molecule is COc1ccnc(C(=O)N[C@H]2COC(=O)[C@H](Cc3ccc([N+](=O)[O-])cc3)[C@@H](OC(=O)C(C)C)[C@H](C)OC2=O)c1O. The molecule has 0 spiro atoms. The summed E-state index contributed by atoms with van der Waals surface area (Å²) in [6.07, 6.45) is -1.28. The molecule has 4 atom stereocenters. The Morgan fingerprint density at radius 1 is 1.20 bits per heavy atom. The number of carbonyl (C=O) groups excluding carboxylic acids is 4. The van der Waals surface area contributed by atoms with Crippen molar-refractivity contribution < 1.29 is 48.2 Å². The van der Waals surface area contributed by atoms with Crippen molar-refractivity contribution in [2.24, 2.45) is 11.8 Å². The van der Waals surface area contributed by atoms with E-state index in [0.717, 1.165) is 0 Å². The number of esters is 3. The fourth-order valence-corrected chi connectivity index (χ4v) is 3.88. The van der Waals surface area contributed by atoms with Crippen LogP contribution in [0.4, 0.5) is 5.69 Å². The number of aromatic nitrogens is 1. The van der Waals surface area contributed by atoms with Gasteiger partial charge in [0.2, 0.25) is 0 Å². The lowest BCUT2D eigenvalue weighted by Gasteiger charge is -2.29. The number of ether oxygens (including phenoxy) is 4. The van der Waals surface area contributed by atoms with Gasteiger partial charge in [0.1, 0.15) is 18.6 Å². The van der Waals surface area contributed by atoms with Gasteiger partial charge in [-0.05, 0) is 18.9 Å². The first-order valence-corrected chi connectivity index (χ1v) is 12.3. The summed E-state index contributed by atoms with van der Waals surface area (Å²) in [6, 6.07) is 5.27. The maximum atomic E-state index is 13.3. The Morgan fingerprint density at radius 3 is 2.48 bits per heavy atom.